The van der Waals surface area contributed by atoms with Crippen LogP contribution < -0.4 is 0 Å². The highest BCUT2D eigenvalue weighted by molar-refractivity contribution is 7.80. The van der Waals surface area contributed by atoms with E-state index >= 15 is 0 Å². The van der Waals surface area contributed by atoms with Crippen molar-refractivity contribution in [2.75, 3.05) is 0 Å². The van der Waals surface area contributed by atoms with Crippen molar-refractivity contribution in [1.29, 1.82) is 0 Å². The normalized spacial score (nSPS) is 14.1. The number of rotatable bonds is 2. The summed E-state index contributed by atoms with van der Waals surface area (Å²) in [4.78, 5) is 13.8. The third-order valence-electron chi connectivity index (χ3n) is 1.77. The number of azo groups is 1. The molecule has 0 aromatic heterocycles. The molecular formula is C8H4N4O2S. The lowest BCUT2D eigenvalue weighted by Crippen LogP contribution is -1.95. The van der Waals surface area contributed by atoms with E-state index in [4.69, 9.17) is 12.2 Å². The zero-order valence-electron chi connectivity index (χ0n) is 7.32. The Morgan fingerprint density at radius 1 is 1.20 bits per heavy atom. The molecule has 0 amide bonds. The summed E-state index contributed by atoms with van der Waals surface area (Å²) in [6.45, 7) is 0. The lowest BCUT2D eigenvalue weighted by atomic mass is 10.2. The van der Waals surface area contributed by atoms with E-state index in [2.05, 4.69) is 15.2 Å². The predicted molar refractivity (Wildman–Crippen MR) is 57.1 cm³/mol. The summed E-state index contributed by atoms with van der Waals surface area (Å²) in [5.41, 5.74) is 0.682. The summed E-state index contributed by atoms with van der Waals surface area (Å²) in [6.07, 6.45) is 0. The molecule has 0 atom stereocenters. The van der Waals surface area contributed by atoms with E-state index in [0.717, 1.165) is 0 Å². The van der Waals surface area contributed by atoms with Crippen molar-refractivity contribution in [2.24, 2.45) is 15.2 Å². The molecule has 1 heterocycles. The molecule has 1 aliphatic heterocycles. The van der Waals surface area contributed by atoms with Crippen LogP contribution in [0.1, 0.15) is 5.56 Å². The van der Waals surface area contributed by atoms with Crippen molar-refractivity contribution >= 4 is 28.9 Å². The average molecular weight is 220 g/mol. The van der Waals surface area contributed by atoms with Gasteiger partial charge in [-0.2, -0.15) is 4.99 Å². The van der Waals surface area contributed by atoms with Crippen molar-refractivity contribution in [3.05, 3.63) is 39.9 Å². The minimum absolute atomic E-state index is 0.0249. The van der Waals surface area contributed by atoms with Crippen LogP contribution in [0, 0.1) is 10.1 Å². The second-order valence-corrected chi connectivity index (χ2v) is 3.09. The number of thiocarbonyl (C=S) groups is 1. The van der Waals surface area contributed by atoms with Crippen molar-refractivity contribution in [1.82, 2.24) is 0 Å². The second-order valence-electron chi connectivity index (χ2n) is 2.72. The first-order valence-electron chi connectivity index (χ1n) is 3.96. The number of nitro groups is 1. The Bertz CT molecular complexity index is 492. The van der Waals surface area contributed by atoms with Gasteiger partial charge in [-0.15, -0.1) is 10.2 Å². The van der Waals surface area contributed by atoms with Crippen LogP contribution in [0.4, 0.5) is 5.69 Å². The third kappa shape index (κ3) is 1.91. The van der Waals surface area contributed by atoms with E-state index < -0.39 is 4.92 Å². The van der Waals surface area contributed by atoms with Gasteiger partial charge in [-0.3, -0.25) is 10.1 Å². The van der Waals surface area contributed by atoms with Crippen LogP contribution in [-0.2, 0) is 0 Å². The van der Waals surface area contributed by atoms with Crippen LogP contribution in [0.3, 0.4) is 0 Å². The maximum absolute atomic E-state index is 10.4. The molecule has 0 saturated carbocycles. The molecule has 74 valence electrons. The number of non-ortho nitro benzene ring substituents is 1. The summed E-state index contributed by atoms with van der Waals surface area (Å²) >= 11 is 4.71. The Morgan fingerprint density at radius 2 is 1.87 bits per heavy atom. The highest BCUT2D eigenvalue weighted by Crippen LogP contribution is 2.15. The second kappa shape index (κ2) is 3.62. The van der Waals surface area contributed by atoms with E-state index in [1.807, 2.05) is 0 Å². The molecule has 0 fully saturated rings. The minimum atomic E-state index is -0.466. The maximum atomic E-state index is 10.4. The van der Waals surface area contributed by atoms with Gasteiger partial charge in [0.05, 0.1) is 4.92 Å². The molecule has 0 saturated heterocycles. The van der Waals surface area contributed by atoms with Crippen LogP contribution >= 0.6 is 12.2 Å². The highest BCUT2D eigenvalue weighted by atomic mass is 32.1. The first-order chi connectivity index (χ1) is 7.16. The molecule has 0 radical (unpaired) electrons. The molecule has 0 bridgehead atoms. The Balaban J connectivity index is 2.32. The van der Waals surface area contributed by atoms with Gasteiger partial charge in [-0.25, -0.2) is 0 Å². The molecule has 6 nitrogen and oxygen atoms in total. The van der Waals surface area contributed by atoms with Crippen LogP contribution in [0.5, 0.6) is 0 Å². The zero-order chi connectivity index (χ0) is 10.8. The highest BCUT2D eigenvalue weighted by Gasteiger charge is 2.11. The summed E-state index contributed by atoms with van der Waals surface area (Å²) in [6, 6.07) is 5.89. The third-order valence-corrected chi connectivity index (χ3v) is 1.94. The standard InChI is InChI=1S/C8H4N4O2S/c13-12(14)6-3-1-5(2-4-6)7-9-8(15)11-10-7/h1-4H. The first-order valence-corrected chi connectivity index (χ1v) is 4.37. The fourth-order valence-corrected chi connectivity index (χ4v) is 1.21. The van der Waals surface area contributed by atoms with Crippen LogP contribution in [0.2, 0.25) is 0 Å². The van der Waals surface area contributed by atoms with Crippen molar-refractivity contribution in [3.8, 4) is 0 Å². The van der Waals surface area contributed by atoms with Gasteiger partial charge >= 0.3 is 0 Å². The van der Waals surface area contributed by atoms with E-state index in [1.165, 1.54) is 12.1 Å². The van der Waals surface area contributed by atoms with Crippen molar-refractivity contribution in [3.63, 3.8) is 0 Å². The SMILES string of the molecule is O=[N+]([O-])c1ccc(C2=NC(=S)N=N2)cc1. The van der Waals surface area contributed by atoms with E-state index in [0.29, 0.717) is 11.4 Å². The monoisotopic (exact) mass is 220 g/mol. The van der Waals surface area contributed by atoms with E-state index in [1.54, 1.807) is 12.1 Å². The van der Waals surface area contributed by atoms with Gasteiger partial charge in [0, 0.05) is 17.7 Å². The van der Waals surface area contributed by atoms with E-state index in [9.17, 15) is 10.1 Å². The lowest BCUT2D eigenvalue weighted by Gasteiger charge is -1.94. The molecule has 1 aromatic rings. The Labute approximate surface area is 89.5 Å². The summed E-state index contributed by atoms with van der Waals surface area (Å²) < 4.78 is 0. The molecule has 7 heteroatoms. The molecule has 15 heavy (non-hydrogen) atoms. The quantitative estimate of drug-likeness (QED) is 0.434. The number of benzene rings is 1. The number of hydrogen-bond donors (Lipinski definition) is 0. The Hall–Kier alpha value is -2.02. The minimum Gasteiger partial charge on any atom is -0.258 e. The fraction of sp³-hybridized carbons (Fsp3) is 0. The number of aliphatic imine (C=N–C) groups is 1. The van der Waals surface area contributed by atoms with Gasteiger partial charge < -0.3 is 0 Å². The topological polar surface area (TPSA) is 80.2 Å². The molecule has 0 unspecified atom stereocenters. The van der Waals surface area contributed by atoms with Gasteiger partial charge in [0.2, 0.25) is 5.11 Å². The Kier molecular flexibility index (Phi) is 2.30. The lowest BCUT2D eigenvalue weighted by molar-refractivity contribution is -0.384. The Morgan fingerprint density at radius 3 is 2.33 bits per heavy atom. The van der Waals surface area contributed by atoms with E-state index in [-0.39, 0.29) is 10.8 Å². The molecular weight excluding hydrogens is 216 g/mol. The summed E-state index contributed by atoms with van der Waals surface area (Å²) in [5, 5.41) is 17.9. The number of amidine groups is 1. The number of hydrogen-bond acceptors (Lipinski definition) is 4. The summed E-state index contributed by atoms with van der Waals surface area (Å²) in [7, 11) is 0. The molecule has 1 aromatic carbocycles. The first kappa shape index (κ1) is 9.53. The van der Waals surface area contributed by atoms with Crippen LogP contribution in [0.25, 0.3) is 0 Å². The van der Waals surface area contributed by atoms with Crippen LogP contribution in [-0.4, -0.2) is 15.9 Å². The fourth-order valence-electron chi connectivity index (χ4n) is 1.08. The maximum Gasteiger partial charge on any atom is 0.269 e. The van der Waals surface area contributed by atoms with Gasteiger partial charge in [0.1, 0.15) is 0 Å². The van der Waals surface area contributed by atoms with Gasteiger partial charge in [0.15, 0.2) is 5.84 Å². The molecule has 0 spiro atoms. The molecule has 2 rings (SSSR count). The molecule has 0 aliphatic carbocycles. The number of nitrogens with zero attached hydrogens (tertiary/aromatic N) is 4. The van der Waals surface area contributed by atoms with Crippen molar-refractivity contribution < 1.29 is 4.92 Å². The summed E-state index contributed by atoms with van der Waals surface area (Å²) in [5.74, 6) is 0.384. The predicted octanol–water partition coefficient (Wildman–Crippen LogP) is 2.09. The van der Waals surface area contributed by atoms with Gasteiger partial charge in [0.25, 0.3) is 5.69 Å². The van der Waals surface area contributed by atoms with Crippen LogP contribution in [0.15, 0.2) is 39.5 Å². The number of nitro benzene ring substituents is 1. The molecule has 0 N–H and O–H groups in total. The molecule has 1 aliphatic rings. The van der Waals surface area contributed by atoms with Gasteiger partial charge in [-0.05, 0) is 24.4 Å². The average Bonchev–Trinajstić information content (AvgIpc) is 2.65. The van der Waals surface area contributed by atoms with Gasteiger partial charge in [-0.1, -0.05) is 0 Å². The van der Waals surface area contributed by atoms with Crippen molar-refractivity contribution in [2.45, 2.75) is 0 Å². The largest absolute Gasteiger partial charge is 0.269 e. The zero-order valence-corrected chi connectivity index (χ0v) is 8.14. The smallest absolute Gasteiger partial charge is 0.258 e.